The summed E-state index contributed by atoms with van der Waals surface area (Å²) in [7, 11) is 1.64. The predicted octanol–water partition coefficient (Wildman–Crippen LogP) is 3.55. The number of benzene rings is 1. The van der Waals surface area contributed by atoms with E-state index in [9.17, 15) is 4.79 Å². The number of methoxy groups -OCH3 is 1. The number of hydrogen-bond donors (Lipinski definition) is 1. The molecule has 0 aliphatic carbocycles. The molecule has 0 atom stereocenters. The molecular weight excluding hydrogens is 306 g/mol. The molecule has 1 amide bonds. The number of hydrogen-bond acceptors (Lipinski definition) is 2. The summed E-state index contributed by atoms with van der Waals surface area (Å²) in [5.74, 6) is 1.55. The molecule has 3 nitrogen and oxygen atoms in total. The van der Waals surface area contributed by atoms with E-state index < -0.39 is 0 Å². The predicted molar refractivity (Wildman–Crippen MR) is 81.5 cm³/mol. The van der Waals surface area contributed by atoms with E-state index in [2.05, 4.69) is 35.1 Å². The van der Waals surface area contributed by atoms with Crippen molar-refractivity contribution in [2.75, 3.05) is 13.7 Å². The van der Waals surface area contributed by atoms with Crippen molar-refractivity contribution in [3.8, 4) is 5.75 Å². The van der Waals surface area contributed by atoms with Crippen molar-refractivity contribution in [1.29, 1.82) is 0 Å². The minimum Gasteiger partial charge on any atom is -0.496 e. The summed E-state index contributed by atoms with van der Waals surface area (Å²) in [5.41, 5.74) is 1.13. The smallest absolute Gasteiger partial charge is 0.220 e. The Morgan fingerprint density at radius 1 is 1.42 bits per heavy atom. The third-order valence-corrected chi connectivity index (χ3v) is 3.52. The maximum Gasteiger partial charge on any atom is 0.220 e. The van der Waals surface area contributed by atoms with Gasteiger partial charge in [0, 0.05) is 13.0 Å². The summed E-state index contributed by atoms with van der Waals surface area (Å²) in [5, 5.41) is 2.95. The van der Waals surface area contributed by atoms with E-state index in [4.69, 9.17) is 4.74 Å². The van der Waals surface area contributed by atoms with Gasteiger partial charge in [0.05, 0.1) is 11.6 Å². The first kappa shape index (κ1) is 16.0. The molecule has 0 saturated heterocycles. The normalized spacial score (nSPS) is 10.6. The van der Waals surface area contributed by atoms with Crippen molar-refractivity contribution in [2.45, 2.75) is 33.1 Å². The standard InChI is InChI=1S/C15H22BrNO2/c1-11(2)8-9-17-15(18)7-5-12-4-6-14(19-3)13(16)10-12/h4,6,10-11H,5,7-9H2,1-3H3,(H,17,18). The van der Waals surface area contributed by atoms with E-state index in [1.54, 1.807) is 7.11 Å². The quantitative estimate of drug-likeness (QED) is 0.831. The highest BCUT2D eigenvalue weighted by Crippen LogP contribution is 2.25. The number of nitrogens with one attached hydrogen (secondary N) is 1. The zero-order valence-electron chi connectivity index (χ0n) is 11.8. The molecule has 0 radical (unpaired) electrons. The van der Waals surface area contributed by atoms with E-state index >= 15 is 0 Å². The molecule has 0 saturated carbocycles. The highest BCUT2D eigenvalue weighted by Gasteiger charge is 2.05. The van der Waals surface area contributed by atoms with Crippen LogP contribution in [0.4, 0.5) is 0 Å². The average molecular weight is 328 g/mol. The molecule has 1 aromatic carbocycles. The van der Waals surface area contributed by atoms with Gasteiger partial charge in [-0.3, -0.25) is 4.79 Å². The summed E-state index contributed by atoms with van der Waals surface area (Å²) in [6.07, 6.45) is 2.30. The number of carbonyl (C=O) groups excluding carboxylic acids is 1. The molecule has 0 aliphatic heterocycles. The molecule has 0 bridgehead atoms. The van der Waals surface area contributed by atoms with Crippen molar-refractivity contribution >= 4 is 21.8 Å². The van der Waals surface area contributed by atoms with Crippen LogP contribution in [0.3, 0.4) is 0 Å². The molecule has 0 aromatic heterocycles. The molecule has 0 aliphatic rings. The first-order valence-electron chi connectivity index (χ1n) is 6.62. The van der Waals surface area contributed by atoms with Crippen LogP contribution < -0.4 is 10.1 Å². The SMILES string of the molecule is COc1ccc(CCC(=O)NCCC(C)C)cc1Br. The van der Waals surface area contributed by atoms with Gasteiger partial charge in [0.2, 0.25) is 5.91 Å². The topological polar surface area (TPSA) is 38.3 Å². The van der Waals surface area contributed by atoms with Gasteiger partial charge >= 0.3 is 0 Å². The molecule has 19 heavy (non-hydrogen) atoms. The summed E-state index contributed by atoms with van der Waals surface area (Å²) in [4.78, 5) is 11.7. The largest absolute Gasteiger partial charge is 0.496 e. The van der Waals surface area contributed by atoms with Gasteiger partial charge in [0.1, 0.15) is 5.75 Å². The Balaban J connectivity index is 2.36. The van der Waals surface area contributed by atoms with Crippen LogP contribution in [0.25, 0.3) is 0 Å². The van der Waals surface area contributed by atoms with Crippen molar-refractivity contribution < 1.29 is 9.53 Å². The molecule has 1 rings (SSSR count). The van der Waals surface area contributed by atoms with Crippen LogP contribution in [0.5, 0.6) is 5.75 Å². The van der Waals surface area contributed by atoms with Gasteiger partial charge in [-0.15, -0.1) is 0 Å². The van der Waals surface area contributed by atoms with Crippen LogP contribution in [-0.4, -0.2) is 19.6 Å². The van der Waals surface area contributed by atoms with Gasteiger partial charge < -0.3 is 10.1 Å². The molecule has 106 valence electrons. The van der Waals surface area contributed by atoms with Gasteiger partial charge in [-0.25, -0.2) is 0 Å². The maximum absolute atomic E-state index is 11.7. The van der Waals surface area contributed by atoms with Gasteiger partial charge in [-0.1, -0.05) is 19.9 Å². The average Bonchev–Trinajstić information content (AvgIpc) is 2.36. The fourth-order valence-electron chi connectivity index (χ4n) is 1.71. The molecule has 0 unspecified atom stereocenters. The number of halogens is 1. The minimum absolute atomic E-state index is 0.118. The summed E-state index contributed by atoms with van der Waals surface area (Å²) < 4.78 is 6.10. The van der Waals surface area contributed by atoms with Crippen LogP contribution in [0, 0.1) is 5.92 Å². The third-order valence-electron chi connectivity index (χ3n) is 2.90. The molecule has 0 spiro atoms. The second-order valence-electron chi connectivity index (χ2n) is 5.00. The number of ether oxygens (including phenoxy) is 1. The van der Waals surface area contributed by atoms with Gasteiger partial charge in [0.15, 0.2) is 0 Å². The van der Waals surface area contributed by atoms with Crippen LogP contribution >= 0.6 is 15.9 Å². The van der Waals surface area contributed by atoms with Crippen molar-refractivity contribution in [1.82, 2.24) is 5.32 Å². The van der Waals surface area contributed by atoms with Gasteiger partial charge in [-0.05, 0) is 52.4 Å². The molecular formula is C15H22BrNO2. The maximum atomic E-state index is 11.7. The first-order chi connectivity index (χ1) is 9.02. The van der Waals surface area contributed by atoms with E-state index in [1.165, 1.54) is 0 Å². The van der Waals surface area contributed by atoms with Crippen LogP contribution in [0.15, 0.2) is 22.7 Å². The van der Waals surface area contributed by atoms with Gasteiger partial charge in [0.25, 0.3) is 0 Å². The summed E-state index contributed by atoms with van der Waals surface area (Å²) in [6.45, 7) is 5.07. The van der Waals surface area contributed by atoms with Crippen LogP contribution in [0.1, 0.15) is 32.3 Å². The van der Waals surface area contributed by atoms with E-state index in [0.29, 0.717) is 12.3 Å². The Bertz CT molecular complexity index is 419. The zero-order valence-corrected chi connectivity index (χ0v) is 13.4. The highest BCUT2D eigenvalue weighted by molar-refractivity contribution is 9.10. The minimum atomic E-state index is 0.118. The molecule has 1 aromatic rings. The van der Waals surface area contributed by atoms with Crippen LogP contribution in [0.2, 0.25) is 0 Å². The highest BCUT2D eigenvalue weighted by atomic mass is 79.9. The first-order valence-corrected chi connectivity index (χ1v) is 7.41. The Labute approximate surface area is 123 Å². The Morgan fingerprint density at radius 2 is 2.16 bits per heavy atom. The summed E-state index contributed by atoms with van der Waals surface area (Å²) >= 11 is 3.45. The number of amides is 1. The number of carbonyl (C=O) groups is 1. The Hall–Kier alpha value is -1.03. The summed E-state index contributed by atoms with van der Waals surface area (Å²) in [6, 6.07) is 5.90. The lowest BCUT2D eigenvalue weighted by molar-refractivity contribution is -0.121. The van der Waals surface area contributed by atoms with Crippen molar-refractivity contribution in [3.63, 3.8) is 0 Å². The number of aryl methyl sites for hydroxylation is 1. The monoisotopic (exact) mass is 327 g/mol. The second kappa shape index (κ2) is 8.20. The molecule has 0 heterocycles. The second-order valence-corrected chi connectivity index (χ2v) is 5.86. The lowest BCUT2D eigenvalue weighted by atomic mass is 10.1. The van der Waals surface area contributed by atoms with Gasteiger partial charge in [-0.2, -0.15) is 0 Å². The zero-order chi connectivity index (χ0) is 14.3. The Kier molecular flexibility index (Phi) is 6.92. The fourth-order valence-corrected chi connectivity index (χ4v) is 2.30. The molecule has 0 fully saturated rings. The third kappa shape index (κ3) is 6.10. The fraction of sp³-hybridized carbons (Fsp3) is 0.533. The molecule has 1 N–H and O–H groups in total. The van der Waals surface area contributed by atoms with E-state index in [-0.39, 0.29) is 5.91 Å². The van der Waals surface area contributed by atoms with E-state index in [0.717, 1.165) is 35.2 Å². The molecule has 4 heteroatoms. The van der Waals surface area contributed by atoms with Crippen molar-refractivity contribution in [2.24, 2.45) is 5.92 Å². The lowest BCUT2D eigenvalue weighted by Gasteiger charge is -2.08. The van der Waals surface area contributed by atoms with Crippen LogP contribution in [-0.2, 0) is 11.2 Å². The number of rotatable bonds is 7. The lowest BCUT2D eigenvalue weighted by Crippen LogP contribution is -2.25. The Morgan fingerprint density at radius 3 is 2.74 bits per heavy atom. The van der Waals surface area contributed by atoms with Crippen molar-refractivity contribution in [3.05, 3.63) is 28.2 Å². The van der Waals surface area contributed by atoms with E-state index in [1.807, 2.05) is 18.2 Å².